The van der Waals surface area contributed by atoms with E-state index in [0.29, 0.717) is 39.9 Å². The number of nitrogens with one attached hydrogen (secondary N) is 1. The average molecular weight is 431 g/mol. The number of carbonyl (C=O) groups is 1. The molecule has 1 atom stereocenters. The van der Waals surface area contributed by atoms with E-state index in [9.17, 15) is 4.79 Å². The van der Waals surface area contributed by atoms with Crippen molar-refractivity contribution in [2.75, 3.05) is 44.7 Å². The summed E-state index contributed by atoms with van der Waals surface area (Å²) in [5.74, 6) is 1.37. The van der Waals surface area contributed by atoms with Crippen molar-refractivity contribution in [1.82, 2.24) is 9.97 Å². The number of hydrogen-bond acceptors (Lipinski definition) is 11. The Morgan fingerprint density at radius 2 is 1.74 bits per heavy atom. The lowest BCUT2D eigenvalue weighted by atomic mass is 9.86. The number of allylic oxidation sites excluding steroid dienone is 2. The van der Waals surface area contributed by atoms with Crippen molar-refractivity contribution in [3.8, 4) is 17.2 Å². The van der Waals surface area contributed by atoms with Crippen LogP contribution in [-0.4, -0.2) is 44.1 Å². The molecule has 0 fully saturated rings. The van der Waals surface area contributed by atoms with Gasteiger partial charge in [-0.3, -0.25) is 0 Å². The van der Waals surface area contributed by atoms with E-state index in [1.54, 1.807) is 26.0 Å². The zero-order valence-electron chi connectivity index (χ0n) is 17.9. The summed E-state index contributed by atoms with van der Waals surface area (Å²) in [7, 11) is 4.52. The Morgan fingerprint density at radius 3 is 2.29 bits per heavy atom. The van der Waals surface area contributed by atoms with Crippen LogP contribution in [0.1, 0.15) is 30.9 Å². The summed E-state index contributed by atoms with van der Waals surface area (Å²) in [4.78, 5) is 20.5. The summed E-state index contributed by atoms with van der Waals surface area (Å²) in [6.07, 6.45) is -0.852. The fraction of sp³-hybridized carbons (Fsp3) is 0.350. The number of nitrogens with zero attached hydrogens (tertiary/aromatic N) is 2. The Kier molecular flexibility index (Phi) is 6.23. The summed E-state index contributed by atoms with van der Waals surface area (Å²) in [5, 5.41) is 3.07. The minimum Gasteiger partial charge on any atom is -0.493 e. The third kappa shape index (κ3) is 4.06. The quantitative estimate of drug-likeness (QED) is 0.578. The number of rotatable bonds is 6. The van der Waals surface area contributed by atoms with Crippen molar-refractivity contribution >= 4 is 23.7 Å². The van der Waals surface area contributed by atoms with Gasteiger partial charge >= 0.3 is 6.16 Å². The topological polar surface area (TPSA) is 153 Å². The third-order valence-electron chi connectivity index (χ3n) is 4.69. The highest BCUT2D eigenvalue weighted by atomic mass is 16.7. The fourth-order valence-corrected chi connectivity index (χ4v) is 3.43. The lowest BCUT2D eigenvalue weighted by Crippen LogP contribution is -2.25. The first kappa shape index (κ1) is 21.8. The number of anilines is 3. The molecule has 1 aromatic heterocycles. The highest BCUT2D eigenvalue weighted by molar-refractivity contribution is 5.72. The number of benzene rings is 1. The van der Waals surface area contributed by atoms with Crippen LogP contribution >= 0.6 is 0 Å². The van der Waals surface area contributed by atoms with E-state index in [-0.39, 0.29) is 24.1 Å². The second-order valence-electron chi connectivity index (χ2n) is 6.52. The molecule has 11 nitrogen and oxygen atoms in total. The van der Waals surface area contributed by atoms with Crippen LogP contribution in [-0.2, 0) is 9.47 Å². The zero-order valence-corrected chi connectivity index (χ0v) is 17.9. The molecule has 0 saturated carbocycles. The van der Waals surface area contributed by atoms with Crippen molar-refractivity contribution in [2.24, 2.45) is 0 Å². The second-order valence-corrected chi connectivity index (χ2v) is 6.52. The molecule has 0 radical (unpaired) electrons. The van der Waals surface area contributed by atoms with Crippen LogP contribution in [0.3, 0.4) is 0 Å². The highest BCUT2D eigenvalue weighted by Crippen LogP contribution is 2.48. The highest BCUT2D eigenvalue weighted by Gasteiger charge is 2.36. The Labute approximate surface area is 179 Å². The summed E-state index contributed by atoms with van der Waals surface area (Å²) in [6, 6.07) is 3.47. The molecule has 1 aliphatic rings. The molecule has 3 rings (SSSR count). The normalized spacial score (nSPS) is 14.9. The van der Waals surface area contributed by atoms with Crippen LogP contribution in [0.2, 0.25) is 0 Å². The van der Waals surface area contributed by atoms with Gasteiger partial charge in [0.1, 0.15) is 17.4 Å². The number of methoxy groups -OCH3 is 3. The lowest BCUT2D eigenvalue weighted by Gasteiger charge is -2.30. The molecule has 166 valence electrons. The first-order chi connectivity index (χ1) is 14.8. The van der Waals surface area contributed by atoms with Gasteiger partial charge in [0.05, 0.1) is 45.1 Å². The third-order valence-corrected chi connectivity index (χ3v) is 4.69. The van der Waals surface area contributed by atoms with Crippen molar-refractivity contribution < 1.29 is 28.5 Å². The molecule has 2 aromatic rings. The molecule has 11 heteroatoms. The Bertz CT molecular complexity index is 1010. The van der Waals surface area contributed by atoms with Gasteiger partial charge in [0.2, 0.25) is 11.7 Å². The first-order valence-electron chi connectivity index (χ1n) is 9.39. The molecule has 31 heavy (non-hydrogen) atoms. The van der Waals surface area contributed by atoms with Gasteiger partial charge in [0.25, 0.3) is 0 Å². The van der Waals surface area contributed by atoms with Gasteiger partial charge in [0, 0.05) is 0 Å². The van der Waals surface area contributed by atoms with E-state index in [2.05, 4.69) is 15.3 Å². The molecule has 1 aliphatic heterocycles. The molecule has 0 bridgehead atoms. The second kappa shape index (κ2) is 8.86. The SMILES string of the molecule is CCOC(=O)OC1=C(C)Nc2nc(N)nc(N)c2C1c1cc(OC)c(OC)c(OC)c1. The van der Waals surface area contributed by atoms with Gasteiger partial charge < -0.3 is 40.5 Å². The molecule has 0 saturated heterocycles. The zero-order chi connectivity index (χ0) is 22.7. The van der Waals surface area contributed by atoms with Gasteiger partial charge in [-0.2, -0.15) is 9.97 Å². The summed E-state index contributed by atoms with van der Waals surface area (Å²) < 4.78 is 26.9. The molecule has 5 N–H and O–H groups in total. The van der Waals surface area contributed by atoms with Crippen molar-refractivity contribution in [3.05, 3.63) is 34.7 Å². The van der Waals surface area contributed by atoms with Gasteiger partial charge in [0.15, 0.2) is 11.5 Å². The molecule has 2 heterocycles. The number of aromatic nitrogens is 2. The van der Waals surface area contributed by atoms with Crippen LogP contribution < -0.4 is 31.0 Å². The van der Waals surface area contributed by atoms with Gasteiger partial charge in [-0.15, -0.1) is 0 Å². The predicted molar refractivity (Wildman–Crippen MR) is 113 cm³/mol. The lowest BCUT2D eigenvalue weighted by molar-refractivity contribution is 0.0777. The van der Waals surface area contributed by atoms with E-state index in [0.717, 1.165) is 0 Å². The maximum absolute atomic E-state index is 12.2. The predicted octanol–water partition coefficient (Wildman–Crippen LogP) is 2.63. The number of nitrogen functional groups attached to an aromatic ring is 2. The summed E-state index contributed by atoms with van der Waals surface area (Å²) >= 11 is 0. The van der Waals surface area contributed by atoms with Gasteiger partial charge in [-0.05, 0) is 31.5 Å². The minimum absolute atomic E-state index is 0.00922. The smallest absolute Gasteiger partial charge is 0.493 e. The number of nitrogens with two attached hydrogens (primary N) is 2. The van der Waals surface area contributed by atoms with Crippen LogP contribution in [0.4, 0.5) is 22.4 Å². The van der Waals surface area contributed by atoms with Gasteiger partial charge in [-0.1, -0.05) is 0 Å². The van der Waals surface area contributed by atoms with Crippen molar-refractivity contribution in [3.63, 3.8) is 0 Å². The van der Waals surface area contributed by atoms with E-state index in [4.69, 9.17) is 35.2 Å². The van der Waals surface area contributed by atoms with Crippen LogP contribution in [0.5, 0.6) is 17.2 Å². The van der Waals surface area contributed by atoms with Gasteiger partial charge in [-0.25, -0.2) is 4.79 Å². The molecule has 0 amide bonds. The summed E-state index contributed by atoms with van der Waals surface area (Å²) in [5.41, 5.74) is 13.6. The monoisotopic (exact) mass is 431 g/mol. The Morgan fingerprint density at radius 1 is 1.10 bits per heavy atom. The van der Waals surface area contributed by atoms with E-state index >= 15 is 0 Å². The molecule has 1 unspecified atom stereocenters. The van der Waals surface area contributed by atoms with Crippen molar-refractivity contribution in [1.29, 1.82) is 0 Å². The molecule has 0 aliphatic carbocycles. The Balaban J connectivity index is 2.26. The number of hydrogen-bond donors (Lipinski definition) is 3. The molecule has 1 aromatic carbocycles. The Hall–Kier alpha value is -3.89. The van der Waals surface area contributed by atoms with E-state index in [1.165, 1.54) is 21.3 Å². The fourth-order valence-electron chi connectivity index (χ4n) is 3.43. The maximum atomic E-state index is 12.2. The standard InChI is InChI=1S/C20H25N5O6/c1-6-30-20(26)31-15-9(2)23-18-14(17(21)24-19(22)25-18)13(15)10-7-11(27-3)16(29-5)12(8-10)28-4/h7-8,13H,6H2,1-5H3,(H5,21,22,23,24,25). The van der Waals surface area contributed by atoms with Crippen LogP contribution in [0, 0.1) is 0 Å². The van der Waals surface area contributed by atoms with Crippen LogP contribution in [0.25, 0.3) is 0 Å². The maximum Gasteiger partial charge on any atom is 0.513 e. The summed E-state index contributed by atoms with van der Waals surface area (Å²) in [6.45, 7) is 3.57. The van der Waals surface area contributed by atoms with Crippen molar-refractivity contribution in [2.45, 2.75) is 19.8 Å². The number of carbonyl (C=O) groups excluding carboxylic acids is 1. The van der Waals surface area contributed by atoms with Crippen LogP contribution in [0.15, 0.2) is 23.6 Å². The van der Waals surface area contributed by atoms with E-state index < -0.39 is 12.1 Å². The van der Waals surface area contributed by atoms with E-state index in [1.807, 2.05) is 0 Å². The molecular formula is C20H25N5O6. The molecule has 0 spiro atoms. The number of fused-ring (bicyclic) bond motifs is 1. The first-order valence-corrected chi connectivity index (χ1v) is 9.39. The minimum atomic E-state index is -0.852. The average Bonchev–Trinajstić information content (AvgIpc) is 2.73. The molecular weight excluding hydrogens is 406 g/mol. The number of ether oxygens (including phenoxy) is 5. The largest absolute Gasteiger partial charge is 0.513 e.